The van der Waals surface area contributed by atoms with Crippen molar-refractivity contribution in [2.24, 2.45) is 17.3 Å². The summed E-state index contributed by atoms with van der Waals surface area (Å²) >= 11 is 1.67. The molecule has 1 N–H and O–H groups in total. The molecule has 426 valence electrons. The highest BCUT2D eigenvalue weighted by molar-refractivity contribution is 7.09. The van der Waals surface area contributed by atoms with Crippen molar-refractivity contribution < 1.29 is 27.9 Å². The normalized spacial score (nSPS) is 16.6. The third-order valence-electron chi connectivity index (χ3n) is 17.7. The Hall–Kier alpha value is -3.37. The quantitative estimate of drug-likeness (QED) is 0.0329. The lowest BCUT2D eigenvalue weighted by Crippen LogP contribution is -2.55. The first-order valence-corrected chi connectivity index (χ1v) is 38.2. The number of aliphatic hydroxyl groups excluding tert-OH is 1. The van der Waals surface area contributed by atoms with Gasteiger partial charge in [-0.2, -0.15) is 0 Å². The number of thiazole rings is 1. The van der Waals surface area contributed by atoms with Crippen molar-refractivity contribution in [3.63, 3.8) is 0 Å². The number of nitrogens with zero attached hydrogens (tertiary/aromatic N) is 1. The van der Waals surface area contributed by atoms with Crippen LogP contribution in [0.1, 0.15) is 156 Å². The van der Waals surface area contributed by atoms with Gasteiger partial charge in [0.2, 0.25) is 0 Å². The maximum absolute atomic E-state index is 15.6. The number of ketones is 1. The predicted octanol–water partition coefficient (Wildman–Crippen LogP) is 18.3. The minimum Gasteiger partial charge on any atom is -0.413 e. The van der Waals surface area contributed by atoms with Gasteiger partial charge in [0, 0.05) is 17.9 Å². The topological polar surface area (TPSA) is 87.1 Å². The lowest BCUT2D eigenvalue weighted by atomic mass is 9.70. The second-order valence-corrected chi connectivity index (χ2v) is 42.2. The van der Waals surface area contributed by atoms with Gasteiger partial charge in [0.05, 0.1) is 41.0 Å². The number of aromatic nitrogens is 1. The SMILES string of the molecule is C=CC[C@](C)(C(=O)[C@@H](C)[C@H](O[Si](C)(C)C(C)(C)C)[C@@H](C)CCC/C(=C\C[C@H](O[Si](C)(C)C(C)(C)C)/C(C)=C/c1csc(C)n1)COC(c1ccccc1)(c1ccccc1)c1ccccc1)[C@H](CCO)O[Si](C)(C)C(C)(C)C. The molecule has 1 heterocycles. The second-order valence-electron chi connectivity index (χ2n) is 26.9. The van der Waals surface area contributed by atoms with Crippen molar-refractivity contribution in [1.82, 2.24) is 4.98 Å². The van der Waals surface area contributed by atoms with Crippen LogP contribution in [0, 0.1) is 24.2 Å². The van der Waals surface area contributed by atoms with Crippen LogP contribution in [0.4, 0.5) is 0 Å². The van der Waals surface area contributed by atoms with E-state index >= 15 is 4.79 Å². The molecule has 0 fully saturated rings. The standard InChI is InChI=1S/C66H103NO6SSi3/c1-22-44-65(15,59(43-45-68)72-76(18,19)63(9,10)11)61(69)51(4)60(73-77(20,21)64(12,13)14)49(2)33-32-34-53(41-42-58(71-75(16,17)62(6,7)8)50(3)46-57-48-74-52(5)67-57)47-70-66(54-35-26-23-27-36-54,55-37-28-24-29-38-55)56-39-30-25-31-40-56/h22-31,35-41,46,48-49,51,58-60,68H,1,32-34,42-45,47H2,2-21H3/b50-46+,53-41+/t49-,51-,58-,59-,60+,65-/m0/s1. The Labute approximate surface area is 476 Å². The van der Waals surface area contributed by atoms with E-state index in [-0.39, 0.29) is 45.6 Å². The van der Waals surface area contributed by atoms with Gasteiger partial charge in [-0.3, -0.25) is 4.79 Å². The second kappa shape index (κ2) is 27.4. The molecule has 0 aliphatic carbocycles. The number of rotatable bonds is 29. The Bertz CT molecular complexity index is 2420. The summed E-state index contributed by atoms with van der Waals surface area (Å²) in [6.45, 7) is 49.3. The summed E-state index contributed by atoms with van der Waals surface area (Å²) in [4.78, 5) is 20.4. The van der Waals surface area contributed by atoms with Crippen LogP contribution in [0.2, 0.25) is 54.4 Å². The van der Waals surface area contributed by atoms with Gasteiger partial charge < -0.3 is 23.1 Å². The molecule has 0 radical (unpaired) electrons. The summed E-state index contributed by atoms with van der Waals surface area (Å²) in [6.07, 6.45) is 9.45. The Balaban J connectivity index is 1.85. The molecule has 7 nitrogen and oxygen atoms in total. The molecular weight excluding hydrogens is 1020 g/mol. The molecule has 77 heavy (non-hydrogen) atoms. The number of carbonyl (C=O) groups is 1. The van der Waals surface area contributed by atoms with Crippen LogP contribution in [0.25, 0.3) is 6.08 Å². The molecule has 4 rings (SSSR count). The zero-order valence-corrected chi connectivity index (χ0v) is 55.4. The fraction of sp³-hybridized carbons (Fsp3) is 0.576. The van der Waals surface area contributed by atoms with E-state index in [1.165, 1.54) is 5.57 Å². The molecule has 0 aliphatic rings. The van der Waals surface area contributed by atoms with Crippen LogP contribution in [0.5, 0.6) is 0 Å². The number of aryl methyl sites for hydroxylation is 1. The first kappa shape index (κ1) is 66.1. The van der Waals surface area contributed by atoms with E-state index in [0.29, 0.717) is 25.9 Å². The Morgan fingerprint density at radius 1 is 0.714 bits per heavy atom. The van der Waals surface area contributed by atoms with Crippen molar-refractivity contribution in [1.29, 1.82) is 0 Å². The van der Waals surface area contributed by atoms with Crippen molar-refractivity contribution in [3.8, 4) is 0 Å². The van der Waals surface area contributed by atoms with Gasteiger partial charge in [-0.05, 0) is 154 Å². The third kappa shape index (κ3) is 17.1. The summed E-state index contributed by atoms with van der Waals surface area (Å²) in [6, 6.07) is 31.9. The predicted molar refractivity (Wildman–Crippen MR) is 336 cm³/mol. The van der Waals surface area contributed by atoms with Crippen LogP contribution in [-0.2, 0) is 28.4 Å². The maximum atomic E-state index is 15.6. The molecule has 11 heteroatoms. The van der Waals surface area contributed by atoms with Gasteiger partial charge in [0.15, 0.2) is 25.0 Å². The molecule has 0 spiro atoms. The number of aliphatic hydroxyl groups is 1. The molecule has 0 saturated carbocycles. The van der Waals surface area contributed by atoms with E-state index in [2.05, 4.69) is 244 Å². The van der Waals surface area contributed by atoms with E-state index in [1.54, 1.807) is 11.3 Å². The van der Waals surface area contributed by atoms with Crippen LogP contribution in [-0.4, -0.2) is 72.4 Å². The summed E-state index contributed by atoms with van der Waals surface area (Å²) in [5.41, 5.74) is 4.68. The molecule has 0 bridgehead atoms. The number of benzene rings is 3. The smallest absolute Gasteiger partial charge is 0.192 e. The van der Waals surface area contributed by atoms with Crippen LogP contribution in [0.15, 0.2) is 126 Å². The summed E-state index contributed by atoms with van der Waals surface area (Å²) in [5, 5.41) is 13.5. The lowest BCUT2D eigenvalue weighted by molar-refractivity contribution is -0.142. The molecule has 4 aromatic rings. The summed E-state index contributed by atoms with van der Waals surface area (Å²) < 4.78 is 29.6. The Morgan fingerprint density at radius 3 is 1.61 bits per heavy atom. The number of allylic oxidation sites excluding steroid dienone is 1. The van der Waals surface area contributed by atoms with Crippen LogP contribution >= 0.6 is 11.3 Å². The largest absolute Gasteiger partial charge is 0.413 e. The third-order valence-corrected chi connectivity index (χ3v) is 32.0. The minimum absolute atomic E-state index is 0.0113. The van der Waals surface area contributed by atoms with Gasteiger partial charge in [0.25, 0.3) is 0 Å². The highest BCUT2D eigenvalue weighted by atomic mass is 32.1. The first-order chi connectivity index (χ1) is 35.7. The lowest BCUT2D eigenvalue weighted by Gasteiger charge is -2.47. The monoisotopic (exact) mass is 1120 g/mol. The highest BCUT2D eigenvalue weighted by Crippen LogP contribution is 2.47. The Kier molecular flexibility index (Phi) is 23.5. The fourth-order valence-electron chi connectivity index (χ4n) is 9.67. The fourth-order valence-corrected chi connectivity index (χ4v) is 14.5. The summed E-state index contributed by atoms with van der Waals surface area (Å²) in [5.74, 6) is -0.296. The maximum Gasteiger partial charge on any atom is 0.192 e. The number of Topliss-reactive ketones (excluding diaryl/α,β-unsaturated/α-hetero) is 1. The Morgan fingerprint density at radius 2 is 1.18 bits per heavy atom. The van der Waals surface area contributed by atoms with Gasteiger partial charge in [-0.25, -0.2) is 4.98 Å². The number of carbonyl (C=O) groups excluding carboxylic acids is 1. The number of hydrogen-bond donors (Lipinski definition) is 1. The van der Waals surface area contributed by atoms with E-state index in [0.717, 1.165) is 52.2 Å². The zero-order chi connectivity index (χ0) is 57.8. The highest BCUT2D eigenvalue weighted by Gasteiger charge is 2.51. The van der Waals surface area contributed by atoms with Gasteiger partial charge in [-0.1, -0.05) is 179 Å². The van der Waals surface area contributed by atoms with Crippen LogP contribution < -0.4 is 0 Å². The van der Waals surface area contributed by atoms with Gasteiger partial charge in [0.1, 0.15) is 11.4 Å². The average molecular weight is 1120 g/mol. The van der Waals surface area contributed by atoms with E-state index in [4.69, 9.17) is 23.0 Å². The number of ether oxygens (including phenoxy) is 1. The van der Waals surface area contributed by atoms with Crippen LogP contribution in [0.3, 0.4) is 0 Å². The molecule has 0 amide bonds. The van der Waals surface area contributed by atoms with Crippen molar-refractivity contribution in [2.75, 3.05) is 13.2 Å². The summed E-state index contributed by atoms with van der Waals surface area (Å²) in [7, 11) is -6.98. The van der Waals surface area contributed by atoms with Crippen molar-refractivity contribution in [3.05, 3.63) is 154 Å². The van der Waals surface area contributed by atoms with Crippen molar-refractivity contribution in [2.45, 2.75) is 214 Å². The first-order valence-electron chi connectivity index (χ1n) is 28.6. The van der Waals surface area contributed by atoms with Crippen molar-refractivity contribution >= 4 is 48.1 Å². The molecule has 0 saturated heterocycles. The van der Waals surface area contributed by atoms with E-state index in [9.17, 15) is 5.11 Å². The average Bonchev–Trinajstić information content (AvgIpc) is 3.77. The molecule has 6 atom stereocenters. The van der Waals surface area contributed by atoms with Gasteiger partial charge in [-0.15, -0.1) is 17.9 Å². The van der Waals surface area contributed by atoms with Gasteiger partial charge >= 0.3 is 0 Å². The molecule has 0 unspecified atom stereocenters. The molecule has 0 aliphatic heterocycles. The van der Waals surface area contributed by atoms with E-state index in [1.807, 2.05) is 13.0 Å². The van der Waals surface area contributed by atoms with E-state index < -0.39 is 48.0 Å². The number of hydrogen-bond acceptors (Lipinski definition) is 8. The minimum atomic E-state index is -2.40. The molecule has 3 aromatic carbocycles. The molecular formula is C66H103NO6SSi3. The zero-order valence-electron chi connectivity index (χ0n) is 51.6. The molecule has 1 aromatic heterocycles.